The van der Waals surface area contributed by atoms with Crippen LogP contribution in [0.1, 0.15) is 18.9 Å². The molecule has 4 nitrogen and oxygen atoms in total. The van der Waals surface area contributed by atoms with Gasteiger partial charge in [-0.15, -0.1) is 0 Å². The van der Waals surface area contributed by atoms with Crippen LogP contribution in [0.25, 0.3) is 0 Å². The van der Waals surface area contributed by atoms with Gasteiger partial charge in [0.2, 0.25) is 0 Å². The molecule has 1 aromatic rings. The average Bonchev–Trinajstić information content (AvgIpc) is 2.35. The molecule has 1 atom stereocenters. The van der Waals surface area contributed by atoms with E-state index in [9.17, 15) is 4.79 Å². The van der Waals surface area contributed by atoms with Crippen LogP contribution in [0.4, 0.5) is 5.69 Å². The molecule has 1 heterocycles. The Balaban J connectivity index is 2.08. The fourth-order valence-electron chi connectivity index (χ4n) is 1.88. The first-order valence-electron chi connectivity index (χ1n) is 5.90. The summed E-state index contributed by atoms with van der Waals surface area (Å²) in [6.45, 7) is 2.79. The first kappa shape index (κ1) is 11.8. The maximum Gasteiger partial charge on any atom is 0.309 e. The van der Waals surface area contributed by atoms with Crippen molar-refractivity contribution in [1.29, 1.82) is 0 Å². The molecule has 0 aliphatic carbocycles. The normalized spacial score (nSPS) is 15.6. The van der Waals surface area contributed by atoms with E-state index >= 15 is 0 Å². The number of aliphatic carboxylic acids is 1. The maximum atomic E-state index is 10.7. The summed E-state index contributed by atoms with van der Waals surface area (Å²) in [4.78, 5) is 10.7. The van der Waals surface area contributed by atoms with Crippen LogP contribution in [0.5, 0.6) is 5.75 Å². The fraction of sp³-hybridized carbons (Fsp3) is 0.462. The molecule has 4 heteroatoms. The van der Waals surface area contributed by atoms with Crippen molar-refractivity contribution >= 4 is 11.7 Å². The van der Waals surface area contributed by atoms with E-state index in [0.717, 1.165) is 30.8 Å². The van der Waals surface area contributed by atoms with E-state index in [0.29, 0.717) is 0 Å². The number of hydrogen-bond donors (Lipinski definition) is 2. The van der Waals surface area contributed by atoms with Gasteiger partial charge in [-0.2, -0.15) is 0 Å². The Morgan fingerprint density at radius 1 is 1.59 bits per heavy atom. The highest BCUT2D eigenvalue weighted by Gasteiger charge is 2.16. The van der Waals surface area contributed by atoms with Crippen LogP contribution in [0.3, 0.4) is 0 Å². The molecule has 0 bridgehead atoms. The molecule has 1 aliphatic heterocycles. The second-order valence-electron chi connectivity index (χ2n) is 4.37. The topological polar surface area (TPSA) is 58.6 Å². The number of carbonyl (C=O) groups is 1. The van der Waals surface area contributed by atoms with Crippen LogP contribution >= 0.6 is 0 Å². The summed E-state index contributed by atoms with van der Waals surface area (Å²) in [5.41, 5.74) is 2.27. The molecule has 0 amide bonds. The number of aryl methyl sites for hydroxylation is 1. The minimum atomic E-state index is -0.831. The van der Waals surface area contributed by atoms with Crippen molar-refractivity contribution in [2.75, 3.05) is 18.5 Å². The van der Waals surface area contributed by atoms with E-state index in [1.54, 1.807) is 6.92 Å². The van der Waals surface area contributed by atoms with Gasteiger partial charge in [-0.1, -0.05) is 12.1 Å². The fourth-order valence-corrected chi connectivity index (χ4v) is 1.88. The molecular weight excluding hydrogens is 218 g/mol. The van der Waals surface area contributed by atoms with E-state index in [1.165, 1.54) is 5.56 Å². The monoisotopic (exact) mass is 235 g/mol. The lowest BCUT2D eigenvalue weighted by molar-refractivity contribution is -0.142. The third-order valence-corrected chi connectivity index (χ3v) is 2.95. The minimum absolute atomic E-state index is 0.202. The molecule has 0 aromatic heterocycles. The van der Waals surface area contributed by atoms with Gasteiger partial charge < -0.3 is 15.2 Å². The van der Waals surface area contributed by atoms with Gasteiger partial charge >= 0.3 is 5.97 Å². The Morgan fingerprint density at radius 3 is 3.18 bits per heavy atom. The third kappa shape index (κ3) is 2.70. The SMILES string of the molecule is CC(COc1cccc2c1NCCC2)C(=O)O. The second-order valence-corrected chi connectivity index (χ2v) is 4.37. The lowest BCUT2D eigenvalue weighted by Crippen LogP contribution is -2.19. The predicted molar refractivity (Wildman–Crippen MR) is 65.5 cm³/mol. The molecule has 17 heavy (non-hydrogen) atoms. The van der Waals surface area contributed by atoms with E-state index in [4.69, 9.17) is 9.84 Å². The van der Waals surface area contributed by atoms with Gasteiger partial charge in [0.25, 0.3) is 0 Å². The third-order valence-electron chi connectivity index (χ3n) is 2.95. The number of rotatable bonds is 4. The summed E-state index contributed by atoms with van der Waals surface area (Å²) >= 11 is 0. The quantitative estimate of drug-likeness (QED) is 0.839. The standard InChI is InChI=1S/C13H17NO3/c1-9(13(15)16)8-17-11-6-2-4-10-5-3-7-14-12(10)11/h2,4,6,9,14H,3,5,7-8H2,1H3,(H,15,16). The number of carboxylic acid groups (broad SMARTS) is 1. The van der Waals surface area contributed by atoms with Crippen LogP contribution in [0.15, 0.2) is 18.2 Å². The number of para-hydroxylation sites is 1. The second kappa shape index (κ2) is 5.08. The van der Waals surface area contributed by atoms with Crippen LogP contribution in [0, 0.1) is 5.92 Å². The average molecular weight is 235 g/mol. The van der Waals surface area contributed by atoms with E-state index in [2.05, 4.69) is 11.4 Å². The maximum absolute atomic E-state index is 10.7. The van der Waals surface area contributed by atoms with E-state index in [-0.39, 0.29) is 6.61 Å². The summed E-state index contributed by atoms with van der Waals surface area (Å²) in [7, 11) is 0. The van der Waals surface area contributed by atoms with Gasteiger partial charge in [0.05, 0.1) is 11.6 Å². The summed E-state index contributed by atoms with van der Waals surface area (Å²) in [6, 6.07) is 5.91. The largest absolute Gasteiger partial charge is 0.491 e. The van der Waals surface area contributed by atoms with Crippen molar-refractivity contribution in [2.24, 2.45) is 5.92 Å². The van der Waals surface area contributed by atoms with Gasteiger partial charge in [0.1, 0.15) is 12.4 Å². The number of ether oxygens (including phenoxy) is 1. The molecule has 2 N–H and O–H groups in total. The highest BCUT2D eigenvalue weighted by atomic mass is 16.5. The van der Waals surface area contributed by atoms with Crippen molar-refractivity contribution in [3.8, 4) is 5.75 Å². The molecule has 1 aromatic carbocycles. The smallest absolute Gasteiger partial charge is 0.309 e. The Morgan fingerprint density at radius 2 is 2.41 bits per heavy atom. The van der Waals surface area contributed by atoms with Crippen molar-refractivity contribution in [3.05, 3.63) is 23.8 Å². The Bertz CT molecular complexity index is 417. The molecule has 1 aliphatic rings. The first-order chi connectivity index (χ1) is 8.18. The van der Waals surface area contributed by atoms with Gasteiger partial charge in [-0.05, 0) is 31.4 Å². The van der Waals surface area contributed by atoms with Gasteiger partial charge in [-0.25, -0.2) is 0 Å². The first-order valence-corrected chi connectivity index (χ1v) is 5.90. The summed E-state index contributed by atoms with van der Waals surface area (Å²) in [5.74, 6) is -0.562. The summed E-state index contributed by atoms with van der Waals surface area (Å²) in [5, 5.41) is 12.1. The Kier molecular flexibility index (Phi) is 3.52. The van der Waals surface area contributed by atoms with E-state index < -0.39 is 11.9 Å². The number of nitrogens with one attached hydrogen (secondary N) is 1. The molecule has 0 radical (unpaired) electrons. The van der Waals surface area contributed by atoms with Crippen LogP contribution in [0.2, 0.25) is 0 Å². The zero-order valence-corrected chi connectivity index (χ0v) is 9.90. The van der Waals surface area contributed by atoms with Crippen LogP contribution < -0.4 is 10.1 Å². The highest BCUT2D eigenvalue weighted by Crippen LogP contribution is 2.32. The molecule has 0 spiro atoms. The van der Waals surface area contributed by atoms with Gasteiger partial charge in [0.15, 0.2) is 0 Å². The molecule has 92 valence electrons. The number of anilines is 1. The van der Waals surface area contributed by atoms with Crippen LogP contribution in [-0.4, -0.2) is 24.2 Å². The lowest BCUT2D eigenvalue weighted by Gasteiger charge is -2.21. The van der Waals surface area contributed by atoms with Crippen molar-refractivity contribution < 1.29 is 14.6 Å². The number of benzene rings is 1. The Hall–Kier alpha value is -1.71. The number of carboxylic acids is 1. The summed E-state index contributed by atoms with van der Waals surface area (Å²) < 4.78 is 5.58. The van der Waals surface area contributed by atoms with E-state index in [1.807, 2.05) is 12.1 Å². The number of fused-ring (bicyclic) bond motifs is 1. The zero-order chi connectivity index (χ0) is 12.3. The molecule has 2 rings (SSSR count). The lowest BCUT2D eigenvalue weighted by atomic mass is 10.0. The number of hydrogen-bond acceptors (Lipinski definition) is 3. The molecule has 0 saturated carbocycles. The van der Waals surface area contributed by atoms with Crippen molar-refractivity contribution in [3.63, 3.8) is 0 Å². The molecular formula is C13H17NO3. The van der Waals surface area contributed by atoms with Crippen LogP contribution in [-0.2, 0) is 11.2 Å². The predicted octanol–water partition coefficient (Wildman–Crippen LogP) is 2.14. The summed E-state index contributed by atoms with van der Waals surface area (Å²) in [6.07, 6.45) is 2.18. The molecule has 1 unspecified atom stereocenters. The van der Waals surface area contributed by atoms with Crippen molar-refractivity contribution in [1.82, 2.24) is 0 Å². The van der Waals surface area contributed by atoms with Gasteiger partial charge in [0, 0.05) is 6.54 Å². The van der Waals surface area contributed by atoms with Crippen molar-refractivity contribution in [2.45, 2.75) is 19.8 Å². The zero-order valence-electron chi connectivity index (χ0n) is 9.90. The minimum Gasteiger partial charge on any atom is -0.491 e. The Labute approximate surface area is 101 Å². The highest BCUT2D eigenvalue weighted by molar-refractivity contribution is 5.70. The molecule has 0 saturated heterocycles. The molecule has 0 fully saturated rings. The van der Waals surface area contributed by atoms with Gasteiger partial charge in [-0.3, -0.25) is 4.79 Å².